The van der Waals surface area contributed by atoms with Crippen LogP contribution in [0, 0.1) is 0 Å². The Balaban J connectivity index is 1.38. The van der Waals surface area contributed by atoms with Crippen LogP contribution < -0.4 is 21.5 Å². The van der Waals surface area contributed by atoms with Gasteiger partial charge in [-0.1, -0.05) is 55.5 Å². The Bertz CT molecular complexity index is 1190. The first-order valence-corrected chi connectivity index (χ1v) is 11.4. The molecule has 1 aromatic heterocycles. The zero-order valence-electron chi connectivity index (χ0n) is 17.1. The van der Waals surface area contributed by atoms with Crippen molar-refractivity contribution in [3.63, 3.8) is 0 Å². The number of nitrogens with one attached hydrogen (secondary N) is 2. The molecule has 2 N–H and O–H groups in total. The first-order valence-electron chi connectivity index (χ1n) is 10.5. The molecule has 0 bridgehead atoms. The Morgan fingerprint density at radius 3 is 2.47 bits per heavy atom. The fourth-order valence-corrected chi connectivity index (χ4v) is 4.78. The summed E-state index contributed by atoms with van der Waals surface area (Å²) in [5.74, 6) is 0. The minimum Gasteiger partial charge on any atom is -0.380 e. The lowest BCUT2D eigenvalue weighted by Gasteiger charge is -2.21. The average Bonchev–Trinajstić information content (AvgIpc) is 3.20. The van der Waals surface area contributed by atoms with E-state index in [9.17, 15) is 9.59 Å². The highest BCUT2D eigenvalue weighted by atomic mass is 32.1. The van der Waals surface area contributed by atoms with Gasteiger partial charge in [-0.2, -0.15) is 0 Å². The molecular formula is C25H26N2O2S. The van der Waals surface area contributed by atoms with Crippen LogP contribution in [0.2, 0.25) is 0 Å². The largest absolute Gasteiger partial charge is 0.380 e. The van der Waals surface area contributed by atoms with Gasteiger partial charge in [-0.25, -0.2) is 0 Å². The number of fused-ring (bicyclic) bond motifs is 1. The summed E-state index contributed by atoms with van der Waals surface area (Å²) in [7, 11) is 0. The second-order valence-electron chi connectivity index (χ2n) is 7.63. The van der Waals surface area contributed by atoms with Gasteiger partial charge in [0, 0.05) is 17.3 Å². The quantitative estimate of drug-likeness (QED) is 0.282. The van der Waals surface area contributed by atoms with Crippen LogP contribution in [-0.2, 0) is 12.8 Å². The first-order chi connectivity index (χ1) is 14.7. The molecule has 0 saturated heterocycles. The molecule has 4 rings (SSSR count). The molecule has 1 atom stereocenters. The van der Waals surface area contributed by atoms with Crippen LogP contribution in [0.1, 0.15) is 30.9 Å². The highest BCUT2D eigenvalue weighted by molar-refractivity contribution is 7.17. The highest BCUT2D eigenvalue weighted by Crippen LogP contribution is 2.28. The molecule has 0 amide bonds. The summed E-state index contributed by atoms with van der Waals surface area (Å²) in [6, 6.07) is 18.8. The number of hydrogen-bond donors (Lipinski definition) is 2. The number of hydrogen-bond acceptors (Lipinski definition) is 5. The van der Waals surface area contributed by atoms with Crippen molar-refractivity contribution in [2.24, 2.45) is 0 Å². The van der Waals surface area contributed by atoms with E-state index in [1.807, 2.05) is 18.2 Å². The molecule has 0 aliphatic carbocycles. The summed E-state index contributed by atoms with van der Waals surface area (Å²) < 4.78 is 1.28. The van der Waals surface area contributed by atoms with Crippen molar-refractivity contribution in [1.29, 1.82) is 0 Å². The maximum absolute atomic E-state index is 12.2. The molecule has 0 aliphatic rings. The number of thiophene rings is 1. The van der Waals surface area contributed by atoms with Crippen molar-refractivity contribution < 1.29 is 0 Å². The zero-order valence-corrected chi connectivity index (χ0v) is 17.9. The number of benzene rings is 2. The molecule has 0 spiro atoms. The Morgan fingerprint density at radius 2 is 1.67 bits per heavy atom. The average molecular weight is 419 g/mol. The van der Waals surface area contributed by atoms with Crippen LogP contribution in [0.3, 0.4) is 0 Å². The monoisotopic (exact) mass is 418 g/mol. The molecule has 4 aromatic rings. The Hall–Kier alpha value is -2.92. The molecule has 154 valence electrons. The lowest BCUT2D eigenvalue weighted by Crippen LogP contribution is -2.40. The van der Waals surface area contributed by atoms with Crippen molar-refractivity contribution in [1.82, 2.24) is 0 Å². The number of anilines is 2. The molecule has 0 saturated carbocycles. The minimum absolute atomic E-state index is 0.108. The maximum atomic E-state index is 12.2. The molecule has 30 heavy (non-hydrogen) atoms. The van der Waals surface area contributed by atoms with Gasteiger partial charge in [0.05, 0.1) is 0 Å². The smallest absolute Gasteiger partial charge is 0.253 e. The molecule has 1 heterocycles. The number of aryl methyl sites for hydroxylation is 1. The van der Waals surface area contributed by atoms with E-state index in [1.165, 1.54) is 21.2 Å². The van der Waals surface area contributed by atoms with Gasteiger partial charge in [-0.15, -0.1) is 11.3 Å². The van der Waals surface area contributed by atoms with Gasteiger partial charge >= 0.3 is 0 Å². The maximum Gasteiger partial charge on any atom is 0.253 e. The lowest BCUT2D eigenvalue weighted by molar-refractivity contribution is 0.692. The second kappa shape index (κ2) is 9.26. The van der Waals surface area contributed by atoms with E-state index in [2.05, 4.69) is 59.3 Å². The van der Waals surface area contributed by atoms with Crippen LogP contribution in [0.5, 0.6) is 0 Å². The van der Waals surface area contributed by atoms with Gasteiger partial charge in [0.1, 0.15) is 11.4 Å². The Labute approximate surface area is 180 Å². The van der Waals surface area contributed by atoms with Gasteiger partial charge in [-0.3, -0.25) is 9.59 Å². The predicted molar refractivity (Wildman–Crippen MR) is 128 cm³/mol. The van der Waals surface area contributed by atoms with Crippen molar-refractivity contribution in [3.8, 4) is 0 Å². The van der Waals surface area contributed by atoms with Crippen LogP contribution in [-0.4, -0.2) is 12.6 Å². The van der Waals surface area contributed by atoms with E-state index in [-0.39, 0.29) is 6.04 Å². The zero-order chi connectivity index (χ0) is 20.9. The van der Waals surface area contributed by atoms with E-state index in [1.54, 1.807) is 11.3 Å². The van der Waals surface area contributed by atoms with Gasteiger partial charge in [-0.05, 0) is 53.6 Å². The van der Waals surface area contributed by atoms with E-state index in [0.29, 0.717) is 17.9 Å². The summed E-state index contributed by atoms with van der Waals surface area (Å²) >= 11 is 1.75. The van der Waals surface area contributed by atoms with E-state index >= 15 is 0 Å². The fraction of sp³-hybridized carbons (Fsp3) is 0.280. The third kappa shape index (κ3) is 4.31. The topological polar surface area (TPSA) is 58.2 Å². The fourth-order valence-electron chi connectivity index (χ4n) is 3.81. The predicted octanol–water partition coefficient (Wildman–Crippen LogP) is 4.98. The third-order valence-electron chi connectivity index (χ3n) is 5.57. The van der Waals surface area contributed by atoms with Crippen LogP contribution in [0.4, 0.5) is 11.4 Å². The summed E-state index contributed by atoms with van der Waals surface area (Å²) in [5, 5.41) is 10.00. The Kier molecular flexibility index (Phi) is 6.29. The van der Waals surface area contributed by atoms with Crippen molar-refractivity contribution in [2.45, 2.75) is 38.6 Å². The molecule has 0 radical (unpaired) electrons. The summed E-state index contributed by atoms with van der Waals surface area (Å²) in [4.78, 5) is 24.3. The van der Waals surface area contributed by atoms with Crippen molar-refractivity contribution in [2.75, 3.05) is 17.2 Å². The van der Waals surface area contributed by atoms with Gasteiger partial charge in [0.25, 0.3) is 10.9 Å². The molecule has 5 heteroatoms. The molecular weight excluding hydrogens is 392 g/mol. The van der Waals surface area contributed by atoms with E-state index in [0.717, 1.165) is 25.7 Å². The second-order valence-corrected chi connectivity index (χ2v) is 8.55. The molecule has 4 nitrogen and oxygen atoms in total. The summed E-state index contributed by atoms with van der Waals surface area (Å²) in [6.07, 6.45) is 3.54. The highest BCUT2D eigenvalue weighted by Gasteiger charge is 2.23. The summed E-state index contributed by atoms with van der Waals surface area (Å²) in [6.45, 7) is 2.77. The van der Waals surface area contributed by atoms with E-state index in [4.69, 9.17) is 0 Å². The number of rotatable bonds is 10. The van der Waals surface area contributed by atoms with Gasteiger partial charge < -0.3 is 10.6 Å². The molecule has 0 aliphatic heterocycles. The van der Waals surface area contributed by atoms with Crippen molar-refractivity contribution in [3.05, 3.63) is 91.6 Å². The SMILES string of the molecule is CC[C@@H](Cc1csc2ccccc12)Nc1c(NCCCc2ccccc2)c(=O)c1=O. The van der Waals surface area contributed by atoms with Crippen LogP contribution >= 0.6 is 11.3 Å². The minimum atomic E-state index is -0.409. The normalized spacial score (nSPS) is 12.3. The third-order valence-corrected chi connectivity index (χ3v) is 6.58. The Morgan fingerprint density at radius 1 is 0.933 bits per heavy atom. The van der Waals surface area contributed by atoms with Gasteiger partial charge in [0.2, 0.25) is 0 Å². The standard InChI is InChI=1S/C25H26N2O2S/c1-2-19(15-18-16-30-21-13-7-6-12-20(18)21)27-23-22(24(28)25(23)29)26-14-8-11-17-9-4-3-5-10-17/h3-7,9-10,12-13,16,19,26-27H,2,8,11,14-15H2,1H3/t19-/m0/s1. The van der Waals surface area contributed by atoms with E-state index < -0.39 is 10.9 Å². The van der Waals surface area contributed by atoms with Crippen LogP contribution in [0.25, 0.3) is 10.1 Å². The summed E-state index contributed by atoms with van der Waals surface area (Å²) in [5.41, 5.74) is 2.64. The molecule has 0 unspecified atom stereocenters. The molecule has 3 aromatic carbocycles. The van der Waals surface area contributed by atoms with Gasteiger partial charge in [0.15, 0.2) is 0 Å². The van der Waals surface area contributed by atoms with Crippen LogP contribution in [0.15, 0.2) is 69.6 Å². The lowest BCUT2D eigenvalue weighted by atomic mass is 10.0. The molecule has 0 fully saturated rings. The first kappa shape index (κ1) is 20.4. The van der Waals surface area contributed by atoms with Crippen molar-refractivity contribution >= 4 is 32.8 Å².